The molecule has 2 aliphatic rings. The number of imidazole rings is 1. The van der Waals surface area contributed by atoms with Crippen LogP contribution in [-0.2, 0) is 13.6 Å². The fourth-order valence-corrected chi connectivity index (χ4v) is 6.54. The van der Waals surface area contributed by atoms with Crippen LogP contribution in [0.25, 0.3) is 44.6 Å². The summed E-state index contributed by atoms with van der Waals surface area (Å²) in [6.45, 7) is 1.13. The summed E-state index contributed by atoms with van der Waals surface area (Å²) in [6, 6.07) is 16.1. The Morgan fingerprint density at radius 1 is 1.07 bits per heavy atom. The molecular formula is C34H35FN6O4. The van der Waals surface area contributed by atoms with Crippen molar-refractivity contribution in [1.29, 1.82) is 0 Å². The molecule has 3 aromatic carbocycles. The van der Waals surface area contributed by atoms with E-state index in [-0.39, 0.29) is 30.2 Å². The highest BCUT2D eigenvalue weighted by Crippen LogP contribution is 2.39. The van der Waals surface area contributed by atoms with E-state index < -0.39 is 18.1 Å². The molecule has 0 unspecified atom stereocenters. The van der Waals surface area contributed by atoms with Crippen LogP contribution < -0.4 is 16.2 Å². The molecule has 0 spiro atoms. The first kappa shape index (κ1) is 28.8. The lowest BCUT2D eigenvalue weighted by Crippen LogP contribution is -2.50. The molecule has 1 aliphatic carbocycles. The molecule has 2 fully saturated rings. The SMILES string of the molecule is COc1cc(C(=O)N2C[C@H](N)C[C@@H](F)C2)cc2nc(-c3cc4ccc(-c5ccc(C(N)=O)c(O)c5)cc4n3CC3CC3)n(C)c12. The number of methoxy groups -OCH3 is 1. The van der Waals surface area contributed by atoms with Gasteiger partial charge in [0.05, 0.1) is 30.4 Å². The number of hydrogen-bond donors (Lipinski definition) is 3. The van der Waals surface area contributed by atoms with Gasteiger partial charge in [0.25, 0.3) is 11.8 Å². The normalized spacial score (nSPS) is 18.5. The lowest BCUT2D eigenvalue weighted by Gasteiger charge is -2.33. The molecule has 0 bridgehead atoms. The van der Waals surface area contributed by atoms with Crippen LogP contribution in [0.4, 0.5) is 4.39 Å². The molecular weight excluding hydrogens is 575 g/mol. The van der Waals surface area contributed by atoms with Gasteiger partial charge in [-0.1, -0.05) is 18.2 Å². The summed E-state index contributed by atoms with van der Waals surface area (Å²) in [5, 5.41) is 11.4. The molecule has 7 rings (SSSR count). The number of aromatic nitrogens is 3. The highest BCUT2D eigenvalue weighted by Gasteiger charge is 2.30. The van der Waals surface area contributed by atoms with Crippen molar-refractivity contribution in [1.82, 2.24) is 19.0 Å². The quantitative estimate of drug-likeness (QED) is 0.246. The van der Waals surface area contributed by atoms with E-state index in [9.17, 15) is 19.1 Å². The van der Waals surface area contributed by atoms with Crippen LogP contribution in [0.1, 0.15) is 40.0 Å². The average Bonchev–Trinajstić information content (AvgIpc) is 3.68. The van der Waals surface area contributed by atoms with Crippen molar-refractivity contribution in [3.8, 4) is 34.1 Å². The number of rotatable bonds is 7. The largest absolute Gasteiger partial charge is 0.507 e. The zero-order chi connectivity index (χ0) is 31.6. The Kier molecular flexibility index (Phi) is 7.00. The molecule has 45 heavy (non-hydrogen) atoms. The number of carbonyl (C=O) groups excluding carboxylic acids is 2. The van der Waals surface area contributed by atoms with Crippen LogP contribution in [0, 0.1) is 5.92 Å². The van der Waals surface area contributed by atoms with Gasteiger partial charge in [0.1, 0.15) is 23.2 Å². The first-order valence-corrected chi connectivity index (χ1v) is 15.1. The van der Waals surface area contributed by atoms with Gasteiger partial charge in [0.2, 0.25) is 0 Å². The predicted molar refractivity (Wildman–Crippen MR) is 170 cm³/mol. The van der Waals surface area contributed by atoms with Gasteiger partial charge in [0, 0.05) is 42.6 Å². The lowest BCUT2D eigenvalue weighted by atomic mass is 10.0. The summed E-state index contributed by atoms with van der Waals surface area (Å²) in [5.41, 5.74) is 16.8. The van der Waals surface area contributed by atoms with Crippen LogP contribution in [0.5, 0.6) is 11.5 Å². The van der Waals surface area contributed by atoms with E-state index in [1.54, 1.807) is 31.4 Å². The summed E-state index contributed by atoms with van der Waals surface area (Å²) in [5.74, 6) is 0.640. The Labute approximate surface area is 259 Å². The molecule has 1 aliphatic heterocycles. The van der Waals surface area contributed by atoms with E-state index in [1.807, 2.05) is 23.7 Å². The van der Waals surface area contributed by atoms with E-state index in [2.05, 4.69) is 16.7 Å². The van der Waals surface area contributed by atoms with E-state index in [1.165, 1.54) is 11.0 Å². The second-order valence-electron chi connectivity index (χ2n) is 12.3. The smallest absolute Gasteiger partial charge is 0.254 e. The molecule has 11 heteroatoms. The summed E-state index contributed by atoms with van der Waals surface area (Å²) in [6.07, 6.45) is 1.40. The van der Waals surface area contributed by atoms with Gasteiger partial charge in [-0.2, -0.15) is 0 Å². The number of nitrogens with zero attached hydrogens (tertiary/aromatic N) is 4. The fourth-order valence-electron chi connectivity index (χ4n) is 6.54. The fraction of sp³-hybridized carbons (Fsp3) is 0.324. The maximum atomic E-state index is 14.3. The van der Waals surface area contributed by atoms with Crippen LogP contribution >= 0.6 is 0 Å². The van der Waals surface area contributed by atoms with E-state index >= 15 is 0 Å². The first-order valence-electron chi connectivity index (χ1n) is 15.1. The van der Waals surface area contributed by atoms with Gasteiger partial charge in [-0.25, -0.2) is 9.37 Å². The van der Waals surface area contributed by atoms with Crippen LogP contribution in [0.3, 0.4) is 0 Å². The minimum absolute atomic E-state index is 0.0124. The Bertz CT molecular complexity index is 1980. The number of nitrogens with two attached hydrogens (primary N) is 2. The van der Waals surface area contributed by atoms with Crippen molar-refractivity contribution in [2.24, 2.45) is 24.4 Å². The number of likely N-dealkylation sites (tertiary alicyclic amines) is 1. The van der Waals surface area contributed by atoms with Crippen molar-refractivity contribution in [3.05, 3.63) is 65.7 Å². The van der Waals surface area contributed by atoms with Crippen LogP contribution in [0.2, 0.25) is 0 Å². The maximum Gasteiger partial charge on any atom is 0.254 e. The first-order chi connectivity index (χ1) is 21.6. The zero-order valence-electron chi connectivity index (χ0n) is 25.2. The molecule has 1 saturated heterocycles. The molecule has 2 atom stereocenters. The molecule has 2 amide bonds. The maximum absolute atomic E-state index is 14.3. The molecule has 232 valence electrons. The Morgan fingerprint density at radius 2 is 1.82 bits per heavy atom. The minimum atomic E-state index is -1.15. The van der Waals surface area contributed by atoms with Crippen molar-refractivity contribution in [3.63, 3.8) is 0 Å². The number of carbonyl (C=O) groups is 2. The second-order valence-corrected chi connectivity index (χ2v) is 12.3. The number of hydrogen-bond acceptors (Lipinski definition) is 6. The topological polar surface area (TPSA) is 142 Å². The molecule has 3 heterocycles. The number of primary amides is 1. The van der Waals surface area contributed by atoms with Crippen molar-refractivity contribution in [2.45, 2.75) is 38.0 Å². The number of halogens is 1. The number of aromatic hydroxyl groups is 1. The number of amides is 2. The summed E-state index contributed by atoms with van der Waals surface area (Å²) in [4.78, 5) is 31.6. The highest BCUT2D eigenvalue weighted by molar-refractivity contribution is 6.00. The van der Waals surface area contributed by atoms with Gasteiger partial charge in [-0.3, -0.25) is 9.59 Å². The van der Waals surface area contributed by atoms with Crippen LogP contribution in [-0.4, -0.2) is 68.4 Å². The van der Waals surface area contributed by atoms with Gasteiger partial charge >= 0.3 is 0 Å². The monoisotopic (exact) mass is 610 g/mol. The Morgan fingerprint density at radius 3 is 2.51 bits per heavy atom. The zero-order valence-corrected chi connectivity index (χ0v) is 25.2. The third-order valence-electron chi connectivity index (χ3n) is 8.99. The van der Waals surface area contributed by atoms with E-state index in [4.69, 9.17) is 21.2 Å². The van der Waals surface area contributed by atoms with Crippen molar-refractivity contribution >= 4 is 33.8 Å². The van der Waals surface area contributed by atoms with Crippen molar-refractivity contribution in [2.75, 3.05) is 20.2 Å². The number of fused-ring (bicyclic) bond motifs is 2. The summed E-state index contributed by atoms with van der Waals surface area (Å²) in [7, 11) is 3.49. The van der Waals surface area contributed by atoms with Crippen molar-refractivity contribution < 1.29 is 23.8 Å². The number of alkyl halides is 1. The number of phenols is 1. The third kappa shape index (κ3) is 5.16. The summed E-state index contributed by atoms with van der Waals surface area (Å²) >= 11 is 0. The second kappa shape index (κ2) is 10.9. The van der Waals surface area contributed by atoms with Crippen LogP contribution in [0.15, 0.2) is 54.6 Å². The van der Waals surface area contributed by atoms with Gasteiger partial charge in [-0.05, 0) is 72.7 Å². The Hall–Kier alpha value is -4.90. The number of aryl methyl sites for hydroxylation is 1. The summed E-state index contributed by atoms with van der Waals surface area (Å²) < 4.78 is 24.3. The molecule has 0 radical (unpaired) electrons. The third-order valence-corrected chi connectivity index (χ3v) is 8.99. The highest BCUT2D eigenvalue weighted by atomic mass is 19.1. The molecule has 5 N–H and O–H groups in total. The molecule has 5 aromatic rings. The lowest BCUT2D eigenvalue weighted by molar-refractivity contribution is 0.0606. The standard InChI is InChI=1S/C34H35FN6O4/c1-39-31-26(9-22(13-30(31)45-2)34(44)40-16-23(35)14-24(36)17-40)38-33(39)28-11-21-6-5-19(10-27(21)41(28)15-18-3-4-18)20-7-8-25(32(37)43)29(42)12-20/h5-13,18,23-24,42H,3-4,14-17,36H2,1-2H3,(H2,37,43)/t23-,24-/m1/s1. The van der Waals surface area contributed by atoms with Gasteiger partial charge < -0.3 is 35.3 Å². The average molecular weight is 611 g/mol. The van der Waals surface area contributed by atoms with Gasteiger partial charge in [-0.15, -0.1) is 0 Å². The molecule has 10 nitrogen and oxygen atoms in total. The van der Waals surface area contributed by atoms with E-state index in [0.717, 1.165) is 58.5 Å². The van der Waals surface area contributed by atoms with E-state index in [0.29, 0.717) is 29.3 Å². The number of piperidine rings is 1. The predicted octanol–water partition coefficient (Wildman–Crippen LogP) is 4.60. The number of benzene rings is 3. The number of ether oxygens (including phenoxy) is 1. The van der Waals surface area contributed by atoms with Gasteiger partial charge in [0.15, 0.2) is 5.82 Å². The molecule has 2 aromatic heterocycles. The Balaban J connectivity index is 1.33. The minimum Gasteiger partial charge on any atom is -0.507 e. The molecule has 1 saturated carbocycles.